The molecule has 40 heavy (non-hydrogen) atoms. The van der Waals surface area contributed by atoms with Crippen molar-refractivity contribution in [2.24, 2.45) is 0 Å². The Balaban J connectivity index is 1.74. The first-order chi connectivity index (χ1) is 19.1. The van der Waals surface area contributed by atoms with E-state index in [0.29, 0.717) is 27.1 Å². The maximum Gasteiger partial charge on any atom is 0.244 e. The molecule has 0 fully saturated rings. The Morgan fingerprint density at radius 3 is 2.35 bits per heavy atom. The van der Waals surface area contributed by atoms with Crippen molar-refractivity contribution in [1.82, 2.24) is 10.2 Å². The van der Waals surface area contributed by atoms with E-state index in [1.165, 1.54) is 24.9 Å². The van der Waals surface area contributed by atoms with E-state index in [0.717, 1.165) is 9.87 Å². The van der Waals surface area contributed by atoms with Gasteiger partial charge in [-0.2, -0.15) is 0 Å². The van der Waals surface area contributed by atoms with Crippen LogP contribution in [0, 0.1) is 0 Å². The number of rotatable bonds is 11. The van der Waals surface area contributed by atoms with Gasteiger partial charge in [0.1, 0.15) is 12.6 Å². The summed E-state index contributed by atoms with van der Waals surface area (Å²) in [5.41, 5.74) is 1.70. The van der Waals surface area contributed by atoms with Crippen LogP contribution in [-0.2, 0) is 32.6 Å². The van der Waals surface area contributed by atoms with E-state index in [1.54, 1.807) is 30.3 Å². The number of amides is 2. The monoisotopic (exact) mass is 605 g/mol. The molecule has 9 nitrogen and oxygen atoms in total. The van der Waals surface area contributed by atoms with Gasteiger partial charge in [0.25, 0.3) is 0 Å². The first kappa shape index (κ1) is 29.5. The summed E-state index contributed by atoms with van der Waals surface area (Å²) >= 11 is 12.3. The van der Waals surface area contributed by atoms with Gasteiger partial charge in [0.05, 0.1) is 21.5 Å². The van der Waals surface area contributed by atoms with Crippen LogP contribution in [0.25, 0.3) is 0 Å². The van der Waals surface area contributed by atoms with Gasteiger partial charge in [-0.05, 0) is 42.3 Å². The molecule has 1 aliphatic rings. The minimum absolute atomic E-state index is 0.0121. The lowest BCUT2D eigenvalue weighted by atomic mass is 10.0. The summed E-state index contributed by atoms with van der Waals surface area (Å²) in [5.74, 6) is -0.366. The largest absolute Gasteiger partial charge is 0.454 e. The van der Waals surface area contributed by atoms with Gasteiger partial charge in [-0.15, -0.1) is 0 Å². The lowest BCUT2D eigenvalue weighted by Gasteiger charge is -2.33. The number of halogens is 2. The zero-order chi connectivity index (χ0) is 28.9. The number of hydrogen-bond donors (Lipinski definition) is 1. The summed E-state index contributed by atoms with van der Waals surface area (Å²) in [7, 11) is -2.42. The van der Waals surface area contributed by atoms with Crippen molar-refractivity contribution in [3.63, 3.8) is 0 Å². The van der Waals surface area contributed by atoms with Crippen molar-refractivity contribution in [3.8, 4) is 11.5 Å². The first-order valence-corrected chi connectivity index (χ1v) is 14.9. The average molecular weight is 607 g/mol. The summed E-state index contributed by atoms with van der Waals surface area (Å²) < 4.78 is 38.2. The van der Waals surface area contributed by atoms with Crippen molar-refractivity contribution in [3.05, 3.63) is 87.9 Å². The van der Waals surface area contributed by atoms with Crippen molar-refractivity contribution < 1.29 is 27.5 Å². The Bertz CT molecular complexity index is 1490. The number of hydrogen-bond acceptors (Lipinski definition) is 6. The third-order valence-electron chi connectivity index (χ3n) is 6.48. The SMILES string of the molecule is CCS(=O)(=O)N(CC(=O)N(Cc1ccc(Cl)c(Cl)c1)C(Cc1ccccc1)C(=O)NC)c1ccc2c(c1)OCO2. The van der Waals surface area contributed by atoms with Crippen LogP contribution in [-0.4, -0.2) is 57.3 Å². The fraction of sp³-hybridized carbons (Fsp3) is 0.286. The number of anilines is 1. The van der Waals surface area contributed by atoms with Gasteiger partial charge < -0.3 is 19.7 Å². The number of nitrogens with one attached hydrogen (secondary N) is 1. The van der Waals surface area contributed by atoms with Gasteiger partial charge >= 0.3 is 0 Å². The van der Waals surface area contributed by atoms with Crippen LogP contribution in [0.4, 0.5) is 5.69 Å². The lowest BCUT2D eigenvalue weighted by Crippen LogP contribution is -2.53. The molecule has 1 aliphatic heterocycles. The Hall–Kier alpha value is -3.47. The van der Waals surface area contributed by atoms with Gasteiger partial charge in [-0.25, -0.2) is 8.42 Å². The lowest BCUT2D eigenvalue weighted by molar-refractivity contribution is -0.139. The van der Waals surface area contributed by atoms with Gasteiger partial charge in [-0.3, -0.25) is 13.9 Å². The number of sulfonamides is 1. The molecule has 12 heteroatoms. The molecule has 3 aromatic rings. The second-order valence-corrected chi connectivity index (χ2v) is 12.0. The minimum Gasteiger partial charge on any atom is -0.454 e. The van der Waals surface area contributed by atoms with Crippen molar-refractivity contribution in [1.29, 1.82) is 0 Å². The molecule has 0 aromatic heterocycles. The fourth-order valence-electron chi connectivity index (χ4n) is 4.32. The number of likely N-dealkylation sites (N-methyl/N-ethyl adjacent to an activating group) is 1. The molecule has 0 radical (unpaired) electrons. The van der Waals surface area contributed by atoms with E-state index >= 15 is 0 Å². The van der Waals surface area contributed by atoms with E-state index in [9.17, 15) is 18.0 Å². The molecule has 1 N–H and O–H groups in total. The summed E-state index contributed by atoms with van der Waals surface area (Å²) in [5, 5.41) is 3.28. The maximum absolute atomic E-state index is 14.1. The molecule has 0 aliphatic carbocycles. The number of fused-ring (bicyclic) bond motifs is 1. The van der Waals surface area contributed by atoms with E-state index in [-0.39, 0.29) is 31.2 Å². The quantitative estimate of drug-likeness (QED) is 0.350. The van der Waals surface area contributed by atoms with Crippen molar-refractivity contribution in [2.45, 2.75) is 25.9 Å². The van der Waals surface area contributed by atoms with Crippen LogP contribution in [0.2, 0.25) is 10.0 Å². The third kappa shape index (κ3) is 6.80. The molecule has 1 unspecified atom stereocenters. The minimum atomic E-state index is -3.90. The van der Waals surface area contributed by atoms with Crippen LogP contribution in [0.15, 0.2) is 66.7 Å². The Morgan fingerprint density at radius 2 is 1.68 bits per heavy atom. The molecule has 1 heterocycles. The highest BCUT2D eigenvalue weighted by Gasteiger charge is 2.33. The summed E-state index contributed by atoms with van der Waals surface area (Å²) in [4.78, 5) is 28.6. The molecule has 0 saturated heterocycles. The zero-order valence-corrected chi connectivity index (χ0v) is 24.3. The molecule has 0 spiro atoms. The Kier molecular flexibility index (Phi) is 9.44. The predicted octanol–water partition coefficient (Wildman–Crippen LogP) is 4.26. The smallest absolute Gasteiger partial charge is 0.244 e. The molecule has 212 valence electrons. The van der Waals surface area contributed by atoms with Gasteiger partial charge in [0, 0.05) is 26.1 Å². The standard InChI is InChI=1S/C28H29Cl2N3O6S/c1-3-40(36,37)33(21-10-12-25-26(15-21)39-18-38-25)17-27(34)32(16-20-9-11-22(29)23(30)13-20)24(28(35)31-2)14-19-7-5-4-6-8-19/h4-13,15,24H,3,14,16-18H2,1-2H3,(H,31,35). The van der Waals surface area contributed by atoms with Gasteiger partial charge in [0.15, 0.2) is 11.5 Å². The number of benzene rings is 3. The average Bonchev–Trinajstić information content (AvgIpc) is 3.43. The third-order valence-corrected chi connectivity index (χ3v) is 8.96. The summed E-state index contributed by atoms with van der Waals surface area (Å²) in [6, 6.07) is 17.9. The molecule has 2 amide bonds. The van der Waals surface area contributed by atoms with Crippen LogP contribution in [0.1, 0.15) is 18.1 Å². The van der Waals surface area contributed by atoms with E-state index in [2.05, 4.69) is 5.32 Å². The van der Waals surface area contributed by atoms with Crippen molar-refractivity contribution >= 4 is 50.7 Å². The summed E-state index contributed by atoms with van der Waals surface area (Å²) in [6.07, 6.45) is 0.206. The van der Waals surface area contributed by atoms with Crippen LogP contribution in [0.3, 0.4) is 0 Å². The summed E-state index contributed by atoms with van der Waals surface area (Å²) in [6.45, 7) is 0.959. The fourth-order valence-corrected chi connectivity index (χ4v) is 5.69. The van der Waals surface area contributed by atoms with E-state index in [4.69, 9.17) is 32.7 Å². The molecular weight excluding hydrogens is 577 g/mol. The second-order valence-electron chi connectivity index (χ2n) is 9.03. The second kappa shape index (κ2) is 12.8. The molecule has 0 saturated carbocycles. The van der Waals surface area contributed by atoms with Crippen LogP contribution < -0.4 is 19.1 Å². The molecule has 4 rings (SSSR count). The number of carbonyl (C=O) groups is 2. The molecule has 0 bridgehead atoms. The number of carbonyl (C=O) groups excluding carboxylic acids is 2. The highest BCUT2D eigenvalue weighted by atomic mass is 35.5. The molecule has 3 aromatic carbocycles. The molecule has 1 atom stereocenters. The first-order valence-electron chi connectivity index (χ1n) is 12.5. The van der Waals surface area contributed by atoms with Gasteiger partial charge in [-0.1, -0.05) is 59.6 Å². The number of nitrogens with zero attached hydrogens (tertiary/aromatic N) is 2. The van der Waals surface area contributed by atoms with E-state index < -0.39 is 34.4 Å². The highest BCUT2D eigenvalue weighted by Crippen LogP contribution is 2.36. The number of ether oxygens (including phenoxy) is 2. The maximum atomic E-state index is 14.1. The van der Waals surface area contributed by atoms with Crippen LogP contribution in [0.5, 0.6) is 11.5 Å². The van der Waals surface area contributed by atoms with E-state index in [1.807, 2.05) is 30.3 Å². The topological polar surface area (TPSA) is 105 Å². The van der Waals surface area contributed by atoms with Crippen LogP contribution >= 0.6 is 23.2 Å². The Morgan fingerprint density at radius 1 is 0.950 bits per heavy atom. The predicted molar refractivity (Wildman–Crippen MR) is 154 cm³/mol. The zero-order valence-electron chi connectivity index (χ0n) is 22.0. The normalized spacial score (nSPS) is 13.0. The van der Waals surface area contributed by atoms with Crippen molar-refractivity contribution in [2.75, 3.05) is 30.4 Å². The Labute approximate surface area is 243 Å². The highest BCUT2D eigenvalue weighted by molar-refractivity contribution is 7.92. The molecular formula is C28H29Cl2N3O6S. The van der Waals surface area contributed by atoms with Gasteiger partial charge in [0.2, 0.25) is 28.6 Å².